The summed E-state index contributed by atoms with van der Waals surface area (Å²) in [5, 5.41) is 4.04. The smallest absolute Gasteiger partial charge is 0.227 e. The van der Waals surface area contributed by atoms with Crippen LogP contribution in [0.5, 0.6) is 0 Å². The first-order valence-corrected chi connectivity index (χ1v) is 6.53. The monoisotopic (exact) mass is 234 g/mol. The first-order chi connectivity index (χ1) is 8.17. The highest BCUT2D eigenvalue weighted by atomic mass is 16.5. The highest BCUT2D eigenvalue weighted by Gasteiger charge is 2.43. The van der Waals surface area contributed by atoms with Crippen molar-refractivity contribution in [3.63, 3.8) is 0 Å². The molecule has 0 aliphatic heterocycles. The molecule has 0 spiro atoms. The molecule has 4 nitrogen and oxygen atoms in total. The maximum Gasteiger partial charge on any atom is 0.227 e. The summed E-state index contributed by atoms with van der Waals surface area (Å²) < 4.78 is 5.27. The third-order valence-electron chi connectivity index (χ3n) is 4.11. The van der Waals surface area contributed by atoms with E-state index in [4.69, 9.17) is 4.52 Å². The van der Waals surface area contributed by atoms with Gasteiger partial charge in [-0.3, -0.25) is 4.79 Å². The lowest BCUT2D eigenvalue weighted by Gasteiger charge is -2.18. The van der Waals surface area contributed by atoms with E-state index in [1.807, 2.05) is 0 Å². The molecule has 0 amide bonds. The second-order valence-electron chi connectivity index (χ2n) is 5.69. The number of Topliss-reactive ketones (excluding diaryl/α,β-unsaturated/α-hetero) is 1. The number of carbonyl (C=O) groups excluding carboxylic acids is 1. The van der Waals surface area contributed by atoms with Gasteiger partial charge < -0.3 is 4.52 Å². The average Bonchev–Trinajstić information content (AvgIpc) is 2.90. The predicted octanol–water partition coefficient (Wildman–Crippen LogP) is 2.42. The van der Waals surface area contributed by atoms with Crippen LogP contribution >= 0.6 is 0 Å². The van der Waals surface area contributed by atoms with E-state index in [9.17, 15) is 4.79 Å². The van der Waals surface area contributed by atoms with Crippen LogP contribution in [-0.2, 0) is 16.6 Å². The quantitative estimate of drug-likeness (QED) is 0.806. The van der Waals surface area contributed by atoms with Crippen LogP contribution in [-0.4, -0.2) is 15.9 Å². The van der Waals surface area contributed by atoms with Crippen molar-refractivity contribution in [3.05, 3.63) is 11.7 Å². The van der Waals surface area contributed by atoms with Crippen LogP contribution in [0.15, 0.2) is 4.52 Å². The van der Waals surface area contributed by atoms with Crippen LogP contribution in [0.4, 0.5) is 0 Å². The first kappa shape index (κ1) is 10.9. The summed E-state index contributed by atoms with van der Waals surface area (Å²) in [5.41, 5.74) is 0.151. The standard InChI is InChI=1S/C13H18N2O2/c1-13(6-7-13)12-14-11(17-15-12)8-9-4-2-3-5-10(9)16/h9H,2-8H2,1H3. The number of nitrogens with zero attached hydrogens (tertiary/aromatic N) is 2. The van der Waals surface area contributed by atoms with Crippen LogP contribution in [0.1, 0.15) is 57.2 Å². The van der Waals surface area contributed by atoms with Gasteiger partial charge in [-0.05, 0) is 25.7 Å². The summed E-state index contributed by atoms with van der Waals surface area (Å²) in [5.74, 6) is 1.96. The fourth-order valence-corrected chi connectivity index (χ4v) is 2.48. The number of hydrogen-bond donors (Lipinski definition) is 0. The Labute approximate surface area is 101 Å². The van der Waals surface area contributed by atoms with Gasteiger partial charge in [-0.2, -0.15) is 4.98 Å². The number of rotatable bonds is 3. The molecule has 1 unspecified atom stereocenters. The van der Waals surface area contributed by atoms with E-state index in [1.54, 1.807) is 0 Å². The topological polar surface area (TPSA) is 56.0 Å². The van der Waals surface area contributed by atoms with Gasteiger partial charge in [0.15, 0.2) is 5.82 Å². The second-order valence-corrected chi connectivity index (χ2v) is 5.69. The van der Waals surface area contributed by atoms with Crippen molar-refractivity contribution in [1.82, 2.24) is 10.1 Å². The maximum absolute atomic E-state index is 11.7. The molecule has 2 fully saturated rings. The highest BCUT2D eigenvalue weighted by molar-refractivity contribution is 5.81. The molecule has 1 aromatic rings. The Balaban J connectivity index is 1.68. The molecule has 4 heteroatoms. The average molecular weight is 234 g/mol. The van der Waals surface area contributed by atoms with Gasteiger partial charge in [0, 0.05) is 24.2 Å². The molecule has 0 N–H and O–H groups in total. The highest BCUT2D eigenvalue weighted by Crippen LogP contribution is 2.46. The van der Waals surface area contributed by atoms with Gasteiger partial charge in [0.2, 0.25) is 5.89 Å². The molecule has 0 bridgehead atoms. The Morgan fingerprint density at radius 2 is 2.24 bits per heavy atom. The molecule has 0 radical (unpaired) electrons. The van der Waals surface area contributed by atoms with Gasteiger partial charge >= 0.3 is 0 Å². The molecular formula is C13H18N2O2. The number of hydrogen-bond acceptors (Lipinski definition) is 4. The third-order valence-corrected chi connectivity index (χ3v) is 4.11. The first-order valence-electron chi connectivity index (χ1n) is 6.53. The Morgan fingerprint density at radius 3 is 2.94 bits per heavy atom. The largest absolute Gasteiger partial charge is 0.339 e. The lowest BCUT2D eigenvalue weighted by Crippen LogP contribution is -2.21. The fraction of sp³-hybridized carbons (Fsp3) is 0.769. The van der Waals surface area contributed by atoms with Crippen molar-refractivity contribution >= 4 is 5.78 Å². The zero-order valence-electron chi connectivity index (χ0n) is 10.2. The van der Waals surface area contributed by atoms with Crippen LogP contribution in [0.3, 0.4) is 0 Å². The van der Waals surface area contributed by atoms with Gasteiger partial charge in [-0.25, -0.2) is 0 Å². The summed E-state index contributed by atoms with van der Waals surface area (Å²) >= 11 is 0. The molecule has 17 heavy (non-hydrogen) atoms. The molecule has 92 valence electrons. The summed E-state index contributed by atoms with van der Waals surface area (Å²) in [6.45, 7) is 2.16. The second kappa shape index (κ2) is 3.93. The van der Waals surface area contributed by atoms with Crippen LogP contribution in [0.25, 0.3) is 0 Å². The molecule has 1 atom stereocenters. The maximum atomic E-state index is 11.7. The Kier molecular flexibility index (Phi) is 2.53. The number of aromatic nitrogens is 2. The summed E-state index contributed by atoms with van der Waals surface area (Å²) in [6.07, 6.45) is 6.83. The van der Waals surface area contributed by atoms with Crippen molar-refractivity contribution in [3.8, 4) is 0 Å². The van der Waals surface area contributed by atoms with E-state index < -0.39 is 0 Å². The lowest BCUT2D eigenvalue weighted by molar-refractivity contribution is -0.124. The van der Waals surface area contributed by atoms with Crippen LogP contribution in [0, 0.1) is 5.92 Å². The van der Waals surface area contributed by atoms with E-state index in [2.05, 4.69) is 17.1 Å². The third kappa shape index (κ3) is 2.13. The van der Waals surface area contributed by atoms with E-state index in [0.29, 0.717) is 18.1 Å². The predicted molar refractivity (Wildman–Crippen MR) is 61.6 cm³/mol. The molecule has 2 aliphatic rings. The lowest BCUT2D eigenvalue weighted by atomic mass is 9.86. The molecule has 0 aromatic carbocycles. The van der Waals surface area contributed by atoms with Gasteiger partial charge in [0.1, 0.15) is 5.78 Å². The number of carbonyl (C=O) groups is 1. The Bertz CT molecular complexity index is 434. The minimum Gasteiger partial charge on any atom is -0.339 e. The molecule has 2 saturated carbocycles. The van der Waals surface area contributed by atoms with Crippen LogP contribution in [0.2, 0.25) is 0 Å². The molecule has 1 aromatic heterocycles. The van der Waals surface area contributed by atoms with Gasteiger partial charge in [-0.15, -0.1) is 0 Å². The van der Waals surface area contributed by atoms with Gasteiger partial charge in [-0.1, -0.05) is 18.5 Å². The fourth-order valence-electron chi connectivity index (χ4n) is 2.48. The summed E-state index contributed by atoms with van der Waals surface area (Å²) in [7, 11) is 0. The van der Waals surface area contributed by atoms with Crippen molar-refractivity contribution in [1.29, 1.82) is 0 Å². The van der Waals surface area contributed by atoms with Crippen molar-refractivity contribution in [2.75, 3.05) is 0 Å². The Morgan fingerprint density at radius 1 is 1.41 bits per heavy atom. The van der Waals surface area contributed by atoms with E-state index in [-0.39, 0.29) is 11.3 Å². The molecular weight excluding hydrogens is 216 g/mol. The number of ketones is 1. The van der Waals surface area contributed by atoms with Crippen molar-refractivity contribution in [2.24, 2.45) is 5.92 Å². The van der Waals surface area contributed by atoms with Gasteiger partial charge in [0.05, 0.1) is 0 Å². The minimum absolute atomic E-state index is 0.115. The van der Waals surface area contributed by atoms with Crippen LogP contribution < -0.4 is 0 Å². The van der Waals surface area contributed by atoms with E-state index in [0.717, 1.165) is 44.3 Å². The Hall–Kier alpha value is -1.19. The summed E-state index contributed by atoms with van der Waals surface area (Å²) in [4.78, 5) is 16.2. The van der Waals surface area contributed by atoms with Crippen molar-refractivity contribution < 1.29 is 9.32 Å². The molecule has 2 aliphatic carbocycles. The van der Waals surface area contributed by atoms with E-state index in [1.165, 1.54) is 0 Å². The molecule has 1 heterocycles. The molecule has 3 rings (SSSR count). The molecule has 0 saturated heterocycles. The zero-order chi connectivity index (χ0) is 11.9. The SMILES string of the molecule is CC1(c2noc(CC3CCCCC3=O)n2)CC1. The summed E-state index contributed by atoms with van der Waals surface area (Å²) in [6, 6.07) is 0. The minimum atomic E-state index is 0.115. The van der Waals surface area contributed by atoms with E-state index >= 15 is 0 Å². The zero-order valence-corrected chi connectivity index (χ0v) is 10.2. The van der Waals surface area contributed by atoms with Crippen molar-refractivity contribution in [2.45, 2.75) is 57.3 Å². The normalized spacial score (nSPS) is 27.1. The van der Waals surface area contributed by atoms with Gasteiger partial charge in [0.25, 0.3) is 0 Å².